The van der Waals surface area contributed by atoms with Gasteiger partial charge in [0.1, 0.15) is 5.75 Å². The Hall–Kier alpha value is -2.08. The molecular weight excluding hydrogens is 268 g/mol. The molecule has 6 heteroatoms. The molecule has 0 radical (unpaired) electrons. The molecule has 2 aromatic rings. The van der Waals surface area contributed by atoms with Crippen LogP contribution in [-0.2, 0) is 16.6 Å². The topological polar surface area (TPSA) is 76.7 Å². The van der Waals surface area contributed by atoms with Gasteiger partial charge in [0.2, 0.25) is 5.76 Å². The van der Waals surface area contributed by atoms with Crippen molar-refractivity contribution in [1.82, 2.24) is 0 Å². The number of carboxylic acids is 1. The Balaban J connectivity index is 2.26. The lowest BCUT2D eigenvalue weighted by molar-refractivity contribution is 0.0661. The van der Waals surface area contributed by atoms with Crippen molar-refractivity contribution in [2.45, 2.75) is 10.6 Å². The van der Waals surface area contributed by atoms with Crippen molar-refractivity contribution < 1.29 is 23.3 Å². The third-order valence-corrected chi connectivity index (χ3v) is 3.94. The van der Waals surface area contributed by atoms with Crippen LogP contribution in [0.25, 0.3) is 0 Å². The van der Waals surface area contributed by atoms with E-state index >= 15 is 0 Å². The number of carboxylic acid groups (broad SMARTS) is 1. The second-order valence-electron chi connectivity index (χ2n) is 3.72. The van der Waals surface area contributed by atoms with E-state index in [1.807, 2.05) is 0 Å². The summed E-state index contributed by atoms with van der Waals surface area (Å²) in [7, 11) is 0.0972. The zero-order valence-corrected chi connectivity index (χ0v) is 11.0. The Kier molecular flexibility index (Phi) is 4.01. The van der Waals surface area contributed by atoms with E-state index in [4.69, 9.17) is 14.3 Å². The van der Waals surface area contributed by atoms with Gasteiger partial charge >= 0.3 is 5.97 Å². The van der Waals surface area contributed by atoms with Gasteiger partial charge in [0.25, 0.3) is 0 Å². The molecule has 0 saturated carbocycles. The van der Waals surface area contributed by atoms with Gasteiger partial charge < -0.3 is 14.3 Å². The number of hydrogen-bond acceptors (Lipinski definition) is 4. The minimum atomic E-state index is -1.40. The van der Waals surface area contributed by atoms with Crippen LogP contribution in [0, 0.1) is 0 Å². The molecule has 0 bridgehead atoms. The van der Waals surface area contributed by atoms with Crippen molar-refractivity contribution in [2.24, 2.45) is 0 Å². The summed E-state index contributed by atoms with van der Waals surface area (Å²) in [4.78, 5) is 11.4. The molecule has 1 heterocycles. The van der Waals surface area contributed by atoms with Gasteiger partial charge in [-0.15, -0.1) is 0 Å². The normalized spacial score (nSPS) is 12.1. The predicted octanol–water partition coefficient (Wildman–Crippen LogP) is 2.29. The largest absolute Gasteiger partial charge is 0.495 e. The summed E-state index contributed by atoms with van der Waals surface area (Å²) in [5, 5.41) is 8.92. The summed E-state index contributed by atoms with van der Waals surface area (Å²) in [5.41, 5.74) is 0.400. The van der Waals surface area contributed by atoms with Crippen molar-refractivity contribution in [3.8, 4) is 5.75 Å². The molecule has 0 aliphatic carbocycles. The van der Waals surface area contributed by atoms with E-state index < -0.39 is 16.8 Å². The van der Waals surface area contributed by atoms with Crippen LogP contribution in [0.2, 0.25) is 0 Å². The van der Waals surface area contributed by atoms with Gasteiger partial charge in [-0.3, -0.25) is 4.21 Å². The van der Waals surface area contributed by atoms with E-state index in [0.717, 1.165) is 0 Å². The molecule has 0 amide bonds. The number of furan rings is 1. The summed E-state index contributed by atoms with van der Waals surface area (Å²) >= 11 is 0. The lowest BCUT2D eigenvalue weighted by Crippen LogP contribution is -2.03. The first-order valence-electron chi connectivity index (χ1n) is 5.44. The maximum Gasteiger partial charge on any atom is 0.372 e. The van der Waals surface area contributed by atoms with Crippen LogP contribution in [0.5, 0.6) is 5.75 Å². The maximum atomic E-state index is 12.3. The van der Waals surface area contributed by atoms with Gasteiger partial charge in [0.05, 0.1) is 34.8 Å². The number of ether oxygens (including phenoxy) is 1. The molecule has 1 unspecified atom stereocenters. The highest BCUT2D eigenvalue weighted by atomic mass is 32.2. The molecule has 0 aliphatic rings. The standard InChI is InChI=1S/C13H12O5S/c1-17-10-4-2-3-5-11(10)19(16)8-9-6-7-18-12(9)13(14)15/h2-7H,8H2,1H3,(H,14,15). The highest BCUT2D eigenvalue weighted by Gasteiger charge is 2.18. The van der Waals surface area contributed by atoms with Gasteiger partial charge in [-0.05, 0) is 18.2 Å². The van der Waals surface area contributed by atoms with Gasteiger partial charge in [-0.25, -0.2) is 4.79 Å². The summed E-state index contributed by atoms with van der Waals surface area (Å²) in [6.45, 7) is 0. The summed E-state index contributed by atoms with van der Waals surface area (Å²) in [6.07, 6.45) is 1.28. The second-order valence-corrected chi connectivity index (χ2v) is 5.14. The molecule has 1 N–H and O–H groups in total. The molecule has 100 valence electrons. The monoisotopic (exact) mass is 280 g/mol. The molecule has 5 nitrogen and oxygen atoms in total. The predicted molar refractivity (Wildman–Crippen MR) is 68.8 cm³/mol. The molecular formula is C13H12O5S. The number of carbonyl (C=O) groups is 1. The van der Waals surface area contributed by atoms with E-state index in [1.54, 1.807) is 24.3 Å². The Morgan fingerprint density at radius 3 is 2.79 bits per heavy atom. The average Bonchev–Trinajstić information content (AvgIpc) is 2.87. The van der Waals surface area contributed by atoms with Crippen LogP contribution in [-0.4, -0.2) is 22.4 Å². The van der Waals surface area contributed by atoms with Crippen LogP contribution in [0.1, 0.15) is 16.1 Å². The third kappa shape index (κ3) is 2.85. The SMILES string of the molecule is COc1ccccc1S(=O)Cc1ccoc1C(=O)O. The Labute approximate surface area is 112 Å². The number of para-hydroxylation sites is 1. The van der Waals surface area contributed by atoms with Crippen LogP contribution in [0.4, 0.5) is 0 Å². The van der Waals surface area contributed by atoms with Crippen molar-refractivity contribution in [2.75, 3.05) is 7.11 Å². The second kappa shape index (κ2) is 5.71. The quantitative estimate of drug-likeness (QED) is 0.909. The summed E-state index contributed by atoms with van der Waals surface area (Å²) in [5.74, 6) is -0.764. The Morgan fingerprint density at radius 2 is 2.11 bits per heavy atom. The molecule has 1 aromatic heterocycles. The molecule has 0 spiro atoms. The Morgan fingerprint density at radius 1 is 1.37 bits per heavy atom. The fourth-order valence-electron chi connectivity index (χ4n) is 1.66. The zero-order valence-electron chi connectivity index (χ0n) is 10.2. The fraction of sp³-hybridized carbons (Fsp3) is 0.154. The van der Waals surface area contributed by atoms with Crippen LogP contribution in [0.3, 0.4) is 0 Å². The van der Waals surface area contributed by atoms with Crippen LogP contribution < -0.4 is 4.74 Å². The highest BCUT2D eigenvalue weighted by molar-refractivity contribution is 7.84. The van der Waals surface area contributed by atoms with Gasteiger partial charge in [0.15, 0.2) is 0 Å². The smallest absolute Gasteiger partial charge is 0.372 e. The number of aromatic carboxylic acids is 1. The van der Waals surface area contributed by atoms with Gasteiger partial charge in [-0.1, -0.05) is 12.1 Å². The van der Waals surface area contributed by atoms with Crippen LogP contribution in [0.15, 0.2) is 45.9 Å². The zero-order chi connectivity index (χ0) is 13.8. The minimum Gasteiger partial charge on any atom is -0.495 e. The summed E-state index contributed by atoms with van der Waals surface area (Å²) < 4.78 is 22.2. The first kappa shape index (κ1) is 13.4. The van der Waals surface area contributed by atoms with E-state index in [9.17, 15) is 9.00 Å². The minimum absolute atomic E-state index is 0.0680. The lowest BCUT2D eigenvalue weighted by atomic mass is 10.3. The van der Waals surface area contributed by atoms with Crippen molar-refractivity contribution in [3.63, 3.8) is 0 Å². The van der Waals surface area contributed by atoms with E-state index in [0.29, 0.717) is 16.2 Å². The third-order valence-electron chi connectivity index (χ3n) is 2.54. The van der Waals surface area contributed by atoms with Crippen molar-refractivity contribution in [1.29, 1.82) is 0 Å². The average molecular weight is 280 g/mol. The van der Waals surface area contributed by atoms with E-state index in [2.05, 4.69) is 0 Å². The molecule has 0 aliphatic heterocycles. The van der Waals surface area contributed by atoms with Gasteiger partial charge in [0, 0.05) is 5.56 Å². The molecule has 1 atom stereocenters. The number of benzene rings is 1. The van der Waals surface area contributed by atoms with Crippen molar-refractivity contribution in [3.05, 3.63) is 47.9 Å². The number of rotatable bonds is 5. The molecule has 0 saturated heterocycles. The lowest BCUT2D eigenvalue weighted by Gasteiger charge is -2.07. The maximum absolute atomic E-state index is 12.3. The Bertz CT molecular complexity index is 617. The van der Waals surface area contributed by atoms with Crippen LogP contribution >= 0.6 is 0 Å². The molecule has 1 aromatic carbocycles. The van der Waals surface area contributed by atoms with E-state index in [1.165, 1.54) is 19.4 Å². The molecule has 2 rings (SSSR count). The first-order chi connectivity index (χ1) is 9.13. The first-order valence-corrected chi connectivity index (χ1v) is 6.76. The highest BCUT2D eigenvalue weighted by Crippen LogP contribution is 2.24. The van der Waals surface area contributed by atoms with Gasteiger partial charge in [-0.2, -0.15) is 0 Å². The van der Waals surface area contributed by atoms with Crippen molar-refractivity contribution >= 4 is 16.8 Å². The molecule has 19 heavy (non-hydrogen) atoms. The number of methoxy groups -OCH3 is 1. The van der Waals surface area contributed by atoms with E-state index in [-0.39, 0.29) is 11.5 Å². The molecule has 0 fully saturated rings. The summed E-state index contributed by atoms with van der Waals surface area (Å²) in [6, 6.07) is 8.44. The fourth-order valence-corrected chi connectivity index (χ4v) is 2.93. The number of hydrogen-bond donors (Lipinski definition) is 1.